The van der Waals surface area contributed by atoms with Crippen molar-refractivity contribution in [1.29, 1.82) is 0 Å². The summed E-state index contributed by atoms with van der Waals surface area (Å²) in [5, 5.41) is 0. The number of piperazine rings is 1. The van der Waals surface area contributed by atoms with Crippen LogP contribution in [0.4, 0.5) is 11.8 Å². The average molecular weight is 409 g/mol. The quantitative estimate of drug-likeness (QED) is 0.664. The van der Waals surface area contributed by atoms with Crippen LogP contribution in [0.5, 0.6) is 0 Å². The fraction of sp³-hybridized carbons (Fsp3) is 0.429. The van der Waals surface area contributed by atoms with Gasteiger partial charge in [0.05, 0.1) is 15.7 Å². The van der Waals surface area contributed by atoms with Crippen LogP contribution in [0.1, 0.15) is 29.6 Å². The van der Waals surface area contributed by atoms with Crippen LogP contribution in [-0.2, 0) is 0 Å². The molecular weight excluding hydrogens is 384 g/mol. The number of hydrogen-bond donors (Lipinski definition) is 0. The molecule has 2 aliphatic heterocycles. The third-order valence-corrected chi connectivity index (χ3v) is 6.53. The first-order valence-electron chi connectivity index (χ1n) is 10.2. The van der Waals surface area contributed by atoms with Gasteiger partial charge in [0.15, 0.2) is 0 Å². The van der Waals surface area contributed by atoms with E-state index in [2.05, 4.69) is 19.8 Å². The Balaban J connectivity index is 1.24. The first-order valence-corrected chi connectivity index (χ1v) is 11.1. The Hall–Kier alpha value is -2.74. The minimum absolute atomic E-state index is 0.0941. The van der Waals surface area contributed by atoms with Crippen LogP contribution in [0.2, 0.25) is 0 Å². The molecule has 1 aromatic carbocycles. The van der Waals surface area contributed by atoms with Crippen LogP contribution in [0.15, 0.2) is 36.0 Å². The van der Waals surface area contributed by atoms with Crippen molar-refractivity contribution < 1.29 is 4.79 Å². The molecule has 2 saturated heterocycles. The number of hydrogen-bond acceptors (Lipinski definition) is 7. The van der Waals surface area contributed by atoms with E-state index in [0.717, 1.165) is 53.7 Å². The Morgan fingerprint density at radius 1 is 0.897 bits per heavy atom. The Morgan fingerprint density at radius 2 is 1.72 bits per heavy atom. The van der Waals surface area contributed by atoms with Crippen LogP contribution >= 0.6 is 11.3 Å². The molecule has 7 nitrogen and oxygen atoms in total. The number of carbonyl (C=O) groups excluding carboxylic acids is 1. The summed E-state index contributed by atoms with van der Waals surface area (Å²) in [4.78, 5) is 33.0. The van der Waals surface area contributed by atoms with Gasteiger partial charge >= 0.3 is 0 Å². The molecule has 4 heterocycles. The third-order valence-electron chi connectivity index (χ3n) is 5.74. The molecule has 0 radical (unpaired) electrons. The van der Waals surface area contributed by atoms with Gasteiger partial charge in [0.1, 0.15) is 5.82 Å². The predicted octanol–water partition coefficient (Wildman–Crippen LogP) is 3.04. The van der Waals surface area contributed by atoms with E-state index >= 15 is 0 Å². The van der Waals surface area contributed by atoms with Gasteiger partial charge in [-0.1, -0.05) is 0 Å². The lowest BCUT2D eigenvalue weighted by Gasteiger charge is -2.36. The maximum atomic E-state index is 12.9. The van der Waals surface area contributed by atoms with E-state index in [-0.39, 0.29) is 5.91 Å². The lowest BCUT2D eigenvalue weighted by molar-refractivity contribution is 0.0746. The minimum Gasteiger partial charge on any atom is -0.353 e. The molecule has 29 heavy (non-hydrogen) atoms. The maximum Gasteiger partial charge on any atom is 0.254 e. The summed E-state index contributed by atoms with van der Waals surface area (Å²) >= 11 is 1.57. The van der Waals surface area contributed by atoms with Gasteiger partial charge in [0, 0.05) is 51.0 Å². The van der Waals surface area contributed by atoms with E-state index in [1.165, 1.54) is 19.3 Å². The molecule has 2 aromatic heterocycles. The highest BCUT2D eigenvalue weighted by Gasteiger charge is 2.24. The van der Waals surface area contributed by atoms with E-state index in [0.29, 0.717) is 13.1 Å². The van der Waals surface area contributed by atoms with E-state index in [1.54, 1.807) is 11.3 Å². The van der Waals surface area contributed by atoms with Crippen molar-refractivity contribution in [3.05, 3.63) is 41.5 Å². The zero-order valence-corrected chi connectivity index (χ0v) is 17.1. The molecule has 1 amide bonds. The number of rotatable bonds is 3. The van der Waals surface area contributed by atoms with Crippen LogP contribution in [0.25, 0.3) is 10.2 Å². The third kappa shape index (κ3) is 3.76. The van der Waals surface area contributed by atoms with Gasteiger partial charge < -0.3 is 14.7 Å². The monoisotopic (exact) mass is 408 g/mol. The number of fused-ring (bicyclic) bond motifs is 1. The highest BCUT2D eigenvalue weighted by atomic mass is 32.1. The zero-order chi connectivity index (χ0) is 19.6. The number of aromatic nitrogens is 3. The van der Waals surface area contributed by atoms with Crippen molar-refractivity contribution in [2.45, 2.75) is 19.3 Å². The molecule has 0 atom stereocenters. The van der Waals surface area contributed by atoms with Crippen molar-refractivity contribution in [2.24, 2.45) is 0 Å². The van der Waals surface area contributed by atoms with Gasteiger partial charge in [0.25, 0.3) is 5.91 Å². The number of benzene rings is 1. The van der Waals surface area contributed by atoms with Gasteiger partial charge in [-0.05, 0) is 43.5 Å². The zero-order valence-electron chi connectivity index (χ0n) is 16.3. The lowest BCUT2D eigenvalue weighted by Crippen LogP contribution is -2.49. The molecular formula is C21H24N6OS. The Bertz CT molecular complexity index is 1010. The lowest BCUT2D eigenvalue weighted by atomic mass is 10.1. The topological polar surface area (TPSA) is 65.5 Å². The Kier molecular flexibility index (Phi) is 5.01. The van der Waals surface area contributed by atoms with Gasteiger partial charge in [-0.3, -0.25) is 4.79 Å². The number of nitrogens with zero attached hydrogens (tertiary/aromatic N) is 6. The number of amides is 1. The fourth-order valence-corrected chi connectivity index (χ4v) is 4.79. The highest BCUT2D eigenvalue weighted by molar-refractivity contribution is 7.16. The summed E-state index contributed by atoms with van der Waals surface area (Å²) in [6, 6.07) is 7.74. The fourth-order valence-electron chi connectivity index (χ4n) is 4.07. The molecule has 5 rings (SSSR count). The summed E-state index contributed by atoms with van der Waals surface area (Å²) in [7, 11) is 0. The molecule has 150 valence electrons. The molecule has 0 aliphatic carbocycles. The van der Waals surface area contributed by atoms with Crippen molar-refractivity contribution >= 4 is 39.2 Å². The number of piperidine rings is 1. The molecule has 0 bridgehead atoms. The van der Waals surface area contributed by atoms with Crippen molar-refractivity contribution in [2.75, 3.05) is 49.1 Å². The van der Waals surface area contributed by atoms with Gasteiger partial charge in [-0.15, -0.1) is 11.3 Å². The summed E-state index contributed by atoms with van der Waals surface area (Å²) in [5.41, 5.74) is 3.51. The van der Waals surface area contributed by atoms with E-state index in [4.69, 9.17) is 4.98 Å². The van der Waals surface area contributed by atoms with E-state index < -0.39 is 0 Å². The number of anilines is 2. The van der Waals surface area contributed by atoms with Crippen LogP contribution in [-0.4, -0.2) is 65.0 Å². The maximum absolute atomic E-state index is 12.9. The first kappa shape index (κ1) is 18.3. The Morgan fingerprint density at radius 3 is 2.55 bits per heavy atom. The largest absolute Gasteiger partial charge is 0.353 e. The van der Waals surface area contributed by atoms with Gasteiger partial charge in [-0.2, -0.15) is 4.98 Å². The molecule has 2 aliphatic rings. The average Bonchev–Trinajstić information content (AvgIpc) is 3.27. The van der Waals surface area contributed by atoms with Crippen molar-refractivity contribution in [3.8, 4) is 0 Å². The molecule has 0 saturated carbocycles. The second kappa shape index (κ2) is 7.94. The summed E-state index contributed by atoms with van der Waals surface area (Å²) in [5.74, 6) is 1.88. The molecule has 3 aromatic rings. The SMILES string of the molecule is O=C(c1ccc2ncsc2c1)N1CCN(c2ccnc(N3CCCCC3)n2)CC1. The standard InChI is InChI=1S/C21H24N6OS/c28-20(16-4-5-17-18(14-16)29-15-23-17)26-12-10-25(11-13-26)19-6-7-22-21(24-19)27-8-2-1-3-9-27/h4-7,14-15H,1-3,8-13H2. The predicted molar refractivity (Wildman–Crippen MR) is 116 cm³/mol. The number of carbonyl (C=O) groups is 1. The summed E-state index contributed by atoms with van der Waals surface area (Å²) in [6.07, 6.45) is 5.57. The van der Waals surface area contributed by atoms with Gasteiger partial charge in [-0.25, -0.2) is 9.97 Å². The van der Waals surface area contributed by atoms with Crippen molar-refractivity contribution in [1.82, 2.24) is 19.9 Å². The van der Waals surface area contributed by atoms with Crippen LogP contribution in [0.3, 0.4) is 0 Å². The van der Waals surface area contributed by atoms with Crippen LogP contribution in [0, 0.1) is 0 Å². The first-order chi connectivity index (χ1) is 14.3. The summed E-state index contributed by atoms with van der Waals surface area (Å²) in [6.45, 7) is 5.03. The van der Waals surface area contributed by atoms with E-state index in [1.807, 2.05) is 40.9 Å². The molecule has 0 N–H and O–H groups in total. The summed E-state index contributed by atoms with van der Waals surface area (Å²) < 4.78 is 1.06. The van der Waals surface area contributed by atoms with E-state index in [9.17, 15) is 4.79 Å². The molecule has 0 spiro atoms. The van der Waals surface area contributed by atoms with Gasteiger partial charge in [0.2, 0.25) is 5.95 Å². The Labute approximate surface area is 174 Å². The smallest absolute Gasteiger partial charge is 0.254 e. The highest BCUT2D eigenvalue weighted by Crippen LogP contribution is 2.22. The second-order valence-corrected chi connectivity index (χ2v) is 8.46. The van der Waals surface area contributed by atoms with Crippen molar-refractivity contribution in [3.63, 3.8) is 0 Å². The number of thiazole rings is 1. The molecule has 2 fully saturated rings. The second-order valence-electron chi connectivity index (χ2n) is 7.58. The molecule has 0 unspecified atom stereocenters. The normalized spacial score (nSPS) is 17.7. The molecule has 8 heteroatoms. The minimum atomic E-state index is 0.0941. The van der Waals surface area contributed by atoms with Crippen LogP contribution < -0.4 is 9.80 Å².